The first-order valence-electron chi connectivity index (χ1n) is 10.1. The standard InChI is InChI=1S/C23H23N5O4S/c1-14(2)28-12-17(20-22(24)25-13-26-23(20)28)21(29)15-9-10-19(32-3)18(11-15)27-33(30,31)16-7-5-4-6-8-16/h4-14,27H,1-3H3,(H2,24,25,26). The molecule has 0 saturated carbocycles. The number of ketones is 1. The quantitative estimate of drug-likeness (QED) is 0.399. The van der Waals surface area contributed by atoms with Gasteiger partial charge in [0.25, 0.3) is 10.0 Å². The van der Waals surface area contributed by atoms with Gasteiger partial charge in [0.2, 0.25) is 0 Å². The van der Waals surface area contributed by atoms with E-state index in [1.54, 1.807) is 30.5 Å². The van der Waals surface area contributed by atoms with Crippen molar-refractivity contribution in [1.82, 2.24) is 14.5 Å². The van der Waals surface area contributed by atoms with Crippen molar-refractivity contribution in [3.8, 4) is 5.75 Å². The molecule has 0 saturated heterocycles. The van der Waals surface area contributed by atoms with E-state index < -0.39 is 10.0 Å². The van der Waals surface area contributed by atoms with Crippen molar-refractivity contribution in [1.29, 1.82) is 0 Å². The maximum absolute atomic E-state index is 13.5. The molecule has 170 valence electrons. The summed E-state index contributed by atoms with van der Waals surface area (Å²) < 4.78 is 35.3. The monoisotopic (exact) mass is 465 g/mol. The van der Waals surface area contributed by atoms with Gasteiger partial charge in [-0.05, 0) is 44.2 Å². The second-order valence-corrected chi connectivity index (χ2v) is 9.35. The molecule has 33 heavy (non-hydrogen) atoms. The number of hydrogen-bond donors (Lipinski definition) is 2. The number of carbonyl (C=O) groups is 1. The molecule has 10 heteroatoms. The number of aromatic nitrogens is 3. The Balaban J connectivity index is 1.79. The van der Waals surface area contributed by atoms with Crippen LogP contribution in [0.5, 0.6) is 5.75 Å². The Morgan fingerprint density at radius 1 is 1.12 bits per heavy atom. The minimum absolute atomic E-state index is 0.0347. The second kappa shape index (κ2) is 8.55. The number of hydrogen-bond acceptors (Lipinski definition) is 7. The Kier molecular flexibility index (Phi) is 5.77. The van der Waals surface area contributed by atoms with E-state index in [1.165, 1.54) is 37.7 Å². The van der Waals surface area contributed by atoms with Gasteiger partial charge in [-0.3, -0.25) is 9.52 Å². The molecule has 0 atom stereocenters. The molecule has 0 radical (unpaired) electrons. The highest BCUT2D eigenvalue weighted by Crippen LogP contribution is 2.32. The van der Waals surface area contributed by atoms with Gasteiger partial charge in [-0.15, -0.1) is 0 Å². The number of carbonyl (C=O) groups excluding carboxylic acids is 1. The first-order chi connectivity index (χ1) is 15.7. The van der Waals surface area contributed by atoms with E-state index in [0.29, 0.717) is 16.6 Å². The number of sulfonamides is 1. The van der Waals surface area contributed by atoms with Crippen LogP contribution in [-0.4, -0.2) is 35.8 Å². The molecule has 9 nitrogen and oxygen atoms in total. The van der Waals surface area contributed by atoms with E-state index >= 15 is 0 Å². The van der Waals surface area contributed by atoms with Gasteiger partial charge in [-0.2, -0.15) is 0 Å². The summed E-state index contributed by atoms with van der Waals surface area (Å²) in [6.07, 6.45) is 3.05. The second-order valence-electron chi connectivity index (χ2n) is 7.66. The third kappa shape index (κ3) is 4.12. The third-order valence-corrected chi connectivity index (χ3v) is 6.58. The van der Waals surface area contributed by atoms with Gasteiger partial charge in [-0.25, -0.2) is 18.4 Å². The predicted octanol–water partition coefficient (Wildman–Crippen LogP) is 3.63. The van der Waals surface area contributed by atoms with Gasteiger partial charge in [-0.1, -0.05) is 18.2 Å². The molecule has 0 amide bonds. The van der Waals surface area contributed by atoms with Crippen LogP contribution < -0.4 is 15.2 Å². The molecule has 0 aliphatic rings. The normalized spacial score (nSPS) is 11.6. The van der Waals surface area contributed by atoms with Crippen LogP contribution in [0.1, 0.15) is 35.8 Å². The largest absolute Gasteiger partial charge is 0.495 e. The molecule has 0 aliphatic heterocycles. The fourth-order valence-corrected chi connectivity index (χ4v) is 4.64. The summed E-state index contributed by atoms with van der Waals surface area (Å²) in [5.41, 5.74) is 7.37. The topological polar surface area (TPSA) is 129 Å². The number of nitrogen functional groups attached to an aromatic ring is 1. The molecular formula is C23H23N5O4S. The average Bonchev–Trinajstić information content (AvgIpc) is 3.20. The predicted molar refractivity (Wildman–Crippen MR) is 126 cm³/mol. The molecular weight excluding hydrogens is 442 g/mol. The van der Waals surface area contributed by atoms with Crippen LogP contribution in [-0.2, 0) is 10.0 Å². The first kappa shape index (κ1) is 22.3. The first-order valence-corrected chi connectivity index (χ1v) is 11.6. The number of benzene rings is 2. The Morgan fingerprint density at radius 2 is 1.85 bits per heavy atom. The summed E-state index contributed by atoms with van der Waals surface area (Å²) in [6, 6.07) is 12.5. The van der Waals surface area contributed by atoms with E-state index in [9.17, 15) is 13.2 Å². The number of ether oxygens (including phenoxy) is 1. The fourth-order valence-electron chi connectivity index (χ4n) is 3.56. The van der Waals surface area contributed by atoms with Crippen LogP contribution in [0, 0.1) is 0 Å². The molecule has 0 fully saturated rings. The third-order valence-electron chi connectivity index (χ3n) is 5.20. The smallest absolute Gasteiger partial charge is 0.262 e. The Hall–Kier alpha value is -3.92. The van der Waals surface area contributed by atoms with Crippen molar-refractivity contribution >= 4 is 38.3 Å². The van der Waals surface area contributed by atoms with Crippen LogP contribution in [0.15, 0.2) is 66.0 Å². The molecule has 2 aromatic heterocycles. The fraction of sp³-hybridized carbons (Fsp3) is 0.174. The van der Waals surface area contributed by atoms with E-state index in [0.717, 1.165) is 0 Å². The zero-order valence-electron chi connectivity index (χ0n) is 18.3. The van der Waals surface area contributed by atoms with Crippen molar-refractivity contribution in [2.45, 2.75) is 24.8 Å². The van der Waals surface area contributed by atoms with Gasteiger partial charge < -0.3 is 15.0 Å². The van der Waals surface area contributed by atoms with E-state index in [1.807, 2.05) is 18.4 Å². The molecule has 4 rings (SSSR count). The number of anilines is 2. The van der Waals surface area contributed by atoms with Crippen LogP contribution >= 0.6 is 0 Å². The van der Waals surface area contributed by atoms with Crippen LogP contribution in [0.25, 0.3) is 11.0 Å². The molecule has 0 spiro atoms. The summed E-state index contributed by atoms with van der Waals surface area (Å²) in [7, 11) is -2.46. The zero-order valence-corrected chi connectivity index (χ0v) is 19.1. The number of rotatable bonds is 7. The SMILES string of the molecule is COc1ccc(C(=O)c2cn(C(C)C)c3ncnc(N)c23)cc1NS(=O)(=O)c1ccccc1. The summed E-state index contributed by atoms with van der Waals surface area (Å²) in [6.45, 7) is 3.94. The molecule has 2 heterocycles. The van der Waals surface area contributed by atoms with Crippen molar-refractivity contribution < 1.29 is 17.9 Å². The highest BCUT2D eigenvalue weighted by molar-refractivity contribution is 7.92. The van der Waals surface area contributed by atoms with Gasteiger partial charge in [0.15, 0.2) is 5.78 Å². The summed E-state index contributed by atoms with van der Waals surface area (Å²) in [4.78, 5) is 21.9. The summed E-state index contributed by atoms with van der Waals surface area (Å²) >= 11 is 0. The number of methoxy groups -OCH3 is 1. The van der Waals surface area contributed by atoms with Crippen molar-refractivity contribution in [3.05, 3.63) is 72.2 Å². The van der Waals surface area contributed by atoms with Crippen LogP contribution in [0.3, 0.4) is 0 Å². The molecule has 0 bridgehead atoms. The maximum Gasteiger partial charge on any atom is 0.262 e. The number of nitrogens with zero attached hydrogens (tertiary/aromatic N) is 3. The lowest BCUT2D eigenvalue weighted by atomic mass is 10.0. The lowest BCUT2D eigenvalue weighted by Crippen LogP contribution is -2.14. The van der Waals surface area contributed by atoms with Crippen LogP contribution in [0.2, 0.25) is 0 Å². The van der Waals surface area contributed by atoms with E-state index in [4.69, 9.17) is 10.5 Å². The molecule has 0 aliphatic carbocycles. The van der Waals surface area contributed by atoms with Gasteiger partial charge in [0.1, 0.15) is 23.5 Å². The lowest BCUT2D eigenvalue weighted by Gasteiger charge is -2.13. The minimum atomic E-state index is -3.89. The van der Waals surface area contributed by atoms with E-state index in [-0.39, 0.29) is 39.5 Å². The molecule has 2 aromatic carbocycles. The zero-order chi connectivity index (χ0) is 23.8. The molecule has 0 unspecified atom stereocenters. The maximum atomic E-state index is 13.5. The summed E-state index contributed by atoms with van der Waals surface area (Å²) in [5.74, 6) is 0.128. The van der Waals surface area contributed by atoms with Gasteiger partial charge in [0, 0.05) is 17.8 Å². The molecule has 3 N–H and O–H groups in total. The van der Waals surface area contributed by atoms with Crippen molar-refractivity contribution in [2.75, 3.05) is 17.6 Å². The number of nitrogens with one attached hydrogen (secondary N) is 1. The van der Waals surface area contributed by atoms with Crippen molar-refractivity contribution in [3.63, 3.8) is 0 Å². The highest BCUT2D eigenvalue weighted by Gasteiger charge is 2.23. The van der Waals surface area contributed by atoms with E-state index in [2.05, 4.69) is 14.7 Å². The molecule has 4 aromatic rings. The number of fused-ring (bicyclic) bond motifs is 1. The van der Waals surface area contributed by atoms with Crippen LogP contribution in [0.4, 0.5) is 11.5 Å². The Bertz CT molecular complexity index is 1450. The van der Waals surface area contributed by atoms with Gasteiger partial charge in [0.05, 0.1) is 28.6 Å². The summed E-state index contributed by atoms with van der Waals surface area (Å²) in [5, 5.41) is 0.457. The lowest BCUT2D eigenvalue weighted by molar-refractivity contribution is 0.104. The highest BCUT2D eigenvalue weighted by atomic mass is 32.2. The van der Waals surface area contributed by atoms with Crippen molar-refractivity contribution in [2.24, 2.45) is 0 Å². The minimum Gasteiger partial charge on any atom is -0.495 e. The van der Waals surface area contributed by atoms with Gasteiger partial charge >= 0.3 is 0 Å². The Morgan fingerprint density at radius 3 is 2.52 bits per heavy atom. The Labute approximate surface area is 191 Å². The number of nitrogens with two attached hydrogens (primary N) is 1. The average molecular weight is 466 g/mol.